The van der Waals surface area contributed by atoms with Gasteiger partial charge in [0.1, 0.15) is 0 Å². The van der Waals surface area contributed by atoms with E-state index in [4.69, 9.17) is 0 Å². The second-order valence-corrected chi connectivity index (χ2v) is 2.91. The summed E-state index contributed by atoms with van der Waals surface area (Å²) in [6, 6.07) is 5.41. The fourth-order valence-electron chi connectivity index (χ4n) is 1.32. The molecule has 4 heteroatoms. The summed E-state index contributed by atoms with van der Waals surface area (Å²) in [4.78, 5) is 15.0. The van der Waals surface area contributed by atoms with Crippen LogP contribution >= 0.6 is 12.2 Å². The van der Waals surface area contributed by atoms with E-state index >= 15 is 0 Å². The molecular formula is C9H6N2OS. The molecule has 1 N–H and O–H groups in total. The van der Waals surface area contributed by atoms with Gasteiger partial charge >= 0.3 is 0 Å². The Morgan fingerprint density at radius 1 is 1.54 bits per heavy atom. The van der Waals surface area contributed by atoms with Crippen molar-refractivity contribution in [3.05, 3.63) is 29.3 Å². The molecular weight excluding hydrogens is 184 g/mol. The van der Waals surface area contributed by atoms with Crippen molar-refractivity contribution in [2.75, 3.05) is 0 Å². The molecule has 0 fully saturated rings. The minimum Gasteiger partial charge on any atom is -0.348 e. The third kappa shape index (κ3) is 1.37. The molecule has 13 heavy (non-hydrogen) atoms. The monoisotopic (exact) mass is 190 g/mol. The van der Waals surface area contributed by atoms with Crippen molar-refractivity contribution < 1.29 is 4.79 Å². The number of thiocarbonyl (C=S) groups is 1. The molecule has 0 atom stereocenters. The zero-order valence-electron chi connectivity index (χ0n) is 6.70. The summed E-state index contributed by atoms with van der Waals surface area (Å²) in [5.41, 5.74) is 2.37. The lowest BCUT2D eigenvalue weighted by Crippen LogP contribution is -2.12. The summed E-state index contributed by atoms with van der Waals surface area (Å²) in [5, 5.41) is 4.99. The largest absolute Gasteiger partial charge is 0.348 e. The molecule has 3 nitrogen and oxygen atoms in total. The Bertz CT molecular complexity index is 422. The molecule has 1 aromatic carbocycles. The minimum absolute atomic E-state index is 0.0450. The highest BCUT2D eigenvalue weighted by Crippen LogP contribution is 2.21. The molecule has 0 saturated heterocycles. The van der Waals surface area contributed by atoms with Gasteiger partial charge in [-0.3, -0.25) is 4.79 Å². The molecule has 0 spiro atoms. The van der Waals surface area contributed by atoms with E-state index in [1.54, 1.807) is 6.07 Å². The third-order valence-corrected chi connectivity index (χ3v) is 2.04. The normalized spacial score (nSPS) is 13.1. The minimum atomic E-state index is -0.0450. The predicted molar refractivity (Wildman–Crippen MR) is 52.3 cm³/mol. The highest BCUT2D eigenvalue weighted by atomic mass is 32.1. The lowest BCUT2D eigenvalue weighted by atomic mass is 10.1. The van der Waals surface area contributed by atoms with Crippen molar-refractivity contribution >= 4 is 29.0 Å². The van der Waals surface area contributed by atoms with E-state index in [0.717, 1.165) is 5.56 Å². The Labute approximate surface area is 80.5 Å². The van der Waals surface area contributed by atoms with Gasteiger partial charge in [-0.05, 0) is 29.9 Å². The molecule has 1 aliphatic heterocycles. The number of carbonyl (C=O) groups excluding carboxylic acids is 1. The van der Waals surface area contributed by atoms with Crippen LogP contribution in [0.3, 0.4) is 0 Å². The maximum atomic E-state index is 11.2. The zero-order chi connectivity index (χ0) is 9.26. The van der Waals surface area contributed by atoms with Crippen LogP contribution in [0.1, 0.15) is 15.9 Å². The first-order valence-electron chi connectivity index (χ1n) is 3.80. The Hall–Kier alpha value is -1.51. The Morgan fingerprint density at radius 3 is 3.15 bits per heavy atom. The van der Waals surface area contributed by atoms with Crippen molar-refractivity contribution in [3.8, 4) is 0 Å². The quantitative estimate of drug-likeness (QED) is 0.540. The van der Waals surface area contributed by atoms with E-state index in [9.17, 15) is 4.79 Å². The molecule has 0 aliphatic carbocycles. The van der Waals surface area contributed by atoms with Gasteiger partial charge in [-0.15, -0.1) is 0 Å². The van der Waals surface area contributed by atoms with E-state index in [1.165, 1.54) is 0 Å². The molecule has 1 aliphatic rings. The Morgan fingerprint density at radius 2 is 2.38 bits per heavy atom. The van der Waals surface area contributed by atoms with Gasteiger partial charge in [-0.1, -0.05) is 6.07 Å². The zero-order valence-corrected chi connectivity index (χ0v) is 7.52. The van der Waals surface area contributed by atoms with Crippen molar-refractivity contribution in [2.45, 2.75) is 6.54 Å². The molecule has 0 unspecified atom stereocenters. The van der Waals surface area contributed by atoms with Crippen LogP contribution in [0.5, 0.6) is 0 Å². The van der Waals surface area contributed by atoms with Gasteiger partial charge in [0.2, 0.25) is 0 Å². The molecule has 2 rings (SSSR count). The first kappa shape index (κ1) is 8.10. The van der Waals surface area contributed by atoms with Gasteiger partial charge in [0.15, 0.2) is 0 Å². The summed E-state index contributed by atoms with van der Waals surface area (Å²) >= 11 is 4.47. The van der Waals surface area contributed by atoms with E-state index in [1.807, 2.05) is 12.1 Å². The average Bonchev–Trinajstić information content (AvgIpc) is 2.49. The van der Waals surface area contributed by atoms with Crippen LogP contribution in [-0.4, -0.2) is 11.1 Å². The molecule has 0 bridgehead atoms. The second kappa shape index (κ2) is 3.09. The third-order valence-electron chi connectivity index (χ3n) is 1.95. The van der Waals surface area contributed by atoms with Crippen LogP contribution in [0.4, 0.5) is 5.69 Å². The van der Waals surface area contributed by atoms with Crippen molar-refractivity contribution in [1.82, 2.24) is 5.32 Å². The van der Waals surface area contributed by atoms with E-state index in [-0.39, 0.29) is 5.91 Å². The van der Waals surface area contributed by atoms with Gasteiger partial charge in [0.05, 0.1) is 10.8 Å². The van der Waals surface area contributed by atoms with Crippen LogP contribution in [0.2, 0.25) is 0 Å². The maximum absolute atomic E-state index is 11.2. The Balaban J connectivity index is 2.53. The van der Waals surface area contributed by atoms with Gasteiger partial charge < -0.3 is 5.32 Å². The first-order valence-corrected chi connectivity index (χ1v) is 4.21. The SMILES string of the molecule is O=C1NCc2ccc(N=C=S)cc21. The van der Waals surface area contributed by atoms with Gasteiger partial charge in [-0.25, -0.2) is 0 Å². The summed E-state index contributed by atoms with van der Waals surface area (Å²) < 4.78 is 0. The summed E-state index contributed by atoms with van der Waals surface area (Å²) in [7, 11) is 0. The number of isothiocyanates is 1. The number of fused-ring (bicyclic) bond motifs is 1. The van der Waals surface area contributed by atoms with Gasteiger partial charge in [0.25, 0.3) is 5.91 Å². The number of carbonyl (C=O) groups is 1. The summed E-state index contributed by atoms with van der Waals surface area (Å²) in [5.74, 6) is -0.0450. The number of rotatable bonds is 1. The smallest absolute Gasteiger partial charge is 0.251 e. The molecule has 64 valence electrons. The highest BCUT2D eigenvalue weighted by molar-refractivity contribution is 7.78. The van der Waals surface area contributed by atoms with E-state index in [2.05, 4.69) is 27.7 Å². The second-order valence-electron chi connectivity index (χ2n) is 2.73. The fraction of sp³-hybridized carbons (Fsp3) is 0.111. The Kier molecular flexibility index (Phi) is 1.93. The average molecular weight is 190 g/mol. The molecule has 1 heterocycles. The number of nitrogens with one attached hydrogen (secondary N) is 1. The number of amides is 1. The van der Waals surface area contributed by atoms with Crippen molar-refractivity contribution in [2.24, 2.45) is 4.99 Å². The number of nitrogens with zero attached hydrogens (tertiary/aromatic N) is 1. The van der Waals surface area contributed by atoms with Crippen LogP contribution in [-0.2, 0) is 6.54 Å². The van der Waals surface area contributed by atoms with Gasteiger partial charge in [0, 0.05) is 12.1 Å². The van der Waals surface area contributed by atoms with Crippen LogP contribution in [0, 0.1) is 0 Å². The first-order chi connectivity index (χ1) is 6.31. The highest BCUT2D eigenvalue weighted by Gasteiger charge is 2.18. The number of aliphatic imine (C=N–C) groups is 1. The lowest BCUT2D eigenvalue weighted by Gasteiger charge is -1.95. The van der Waals surface area contributed by atoms with E-state index in [0.29, 0.717) is 17.8 Å². The lowest BCUT2D eigenvalue weighted by molar-refractivity contribution is 0.0966. The number of hydrogen-bond donors (Lipinski definition) is 1. The molecule has 0 aromatic heterocycles. The van der Waals surface area contributed by atoms with Gasteiger partial charge in [-0.2, -0.15) is 4.99 Å². The number of benzene rings is 1. The summed E-state index contributed by atoms with van der Waals surface area (Å²) in [6.45, 7) is 0.607. The van der Waals surface area contributed by atoms with Crippen molar-refractivity contribution in [1.29, 1.82) is 0 Å². The van der Waals surface area contributed by atoms with Crippen LogP contribution in [0.25, 0.3) is 0 Å². The predicted octanol–water partition coefficient (Wildman–Crippen LogP) is 1.66. The summed E-state index contributed by atoms with van der Waals surface area (Å²) in [6.07, 6.45) is 0. The fourth-order valence-corrected chi connectivity index (χ4v) is 1.43. The van der Waals surface area contributed by atoms with E-state index < -0.39 is 0 Å². The maximum Gasteiger partial charge on any atom is 0.251 e. The molecule has 0 saturated carbocycles. The van der Waals surface area contributed by atoms with Crippen LogP contribution < -0.4 is 5.32 Å². The standard InChI is InChI=1S/C9H6N2OS/c12-9-8-3-7(11-5-13)2-1-6(8)4-10-9/h1-3H,4H2,(H,10,12). The van der Waals surface area contributed by atoms with Crippen molar-refractivity contribution in [3.63, 3.8) is 0 Å². The number of hydrogen-bond acceptors (Lipinski definition) is 3. The topological polar surface area (TPSA) is 41.5 Å². The van der Waals surface area contributed by atoms with Crippen LogP contribution in [0.15, 0.2) is 23.2 Å². The molecule has 1 amide bonds. The molecule has 1 aromatic rings. The molecule has 0 radical (unpaired) electrons.